The molecule has 2 N–H and O–H groups in total. The molecule has 2 unspecified atom stereocenters. The van der Waals surface area contributed by atoms with Gasteiger partial charge in [0.2, 0.25) is 0 Å². The standard InChI is InChI=1S/C13H19N3O2/c1-9-4-6-16(12(9)8-17)13(18)11-7-10(14-2)3-5-15-11/h3,5,7,9,12,17H,4,6,8H2,1-2H3,(H,14,15). The Morgan fingerprint density at radius 2 is 2.44 bits per heavy atom. The molecule has 1 aliphatic heterocycles. The molecule has 1 aromatic rings. The second-order valence-electron chi connectivity index (χ2n) is 4.69. The summed E-state index contributed by atoms with van der Waals surface area (Å²) in [4.78, 5) is 18.2. The van der Waals surface area contributed by atoms with Crippen molar-refractivity contribution in [3.63, 3.8) is 0 Å². The Balaban J connectivity index is 2.20. The van der Waals surface area contributed by atoms with Gasteiger partial charge in [0.05, 0.1) is 12.6 Å². The van der Waals surface area contributed by atoms with E-state index in [2.05, 4.69) is 17.2 Å². The van der Waals surface area contributed by atoms with Crippen LogP contribution in [0.1, 0.15) is 23.8 Å². The van der Waals surface area contributed by atoms with Crippen LogP contribution < -0.4 is 5.32 Å². The second-order valence-corrected chi connectivity index (χ2v) is 4.69. The normalized spacial score (nSPS) is 23.2. The van der Waals surface area contributed by atoms with E-state index in [-0.39, 0.29) is 18.6 Å². The van der Waals surface area contributed by atoms with Crippen LogP contribution in [0.4, 0.5) is 5.69 Å². The van der Waals surface area contributed by atoms with Gasteiger partial charge in [-0.2, -0.15) is 0 Å². The number of nitrogens with zero attached hydrogens (tertiary/aromatic N) is 2. The van der Waals surface area contributed by atoms with Gasteiger partial charge < -0.3 is 15.3 Å². The SMILES string of the molecule is CNc1ccnc(C(=O)N2CCC(C)C2CO)c1. The molecular formula is C13H19N3O2. The molecule has 1 aromatic heterocycles. The molecule has 5 heteroatoms. The highest BCUT2D eigenvalue weighted by molar-refractivity contribution is 5.93. The summed E-state index contributed by atoms with van der Waals surface area (Å²) in [6.07, 6.45) is 2.55. The topological polar surface area (TPSA) is 65.5 Å². The molecule has 0 bridgehead atoms. The molecule has 1 fully saturated rings. The van der Waals surface area contributed by atoms with Crippen LogP contribution >= 0.6 is 0 Å². The smallest absolute Gasteiger partial charge is 0.272 e. The van der Waals surface area contributed by atoms with Gasteiger partial charge in [0.15, 0.2) is 0 Å². The number of hydrogen-bond acceptors (Lipinski definition) is 4. The Labute approximate surface area is 107 Å². The number of amides is 1. The Kier molecular flexibility index (Phi) is 3.81. The highest BCUT2D eigenvalue weighted by atomic mass is 16.3. The quantitative estimate of drug-likeness (QED) is 0.837. The molecule has 2 heterocycles. The highest BCUT2D eigenvalue weighted by Crippen LogP contribution is 2.25. The van der Waals surface area contributed by atoms with E-state index in [1.807, 2.05) is 6.07 Å². The predicted molar refractivity (Wildman–Crippen MR) is 69.5 cm³/mol. The van der Waals surface area contributed by atoms with Crippen LogP contribution in [0.5, 0.6) is 0 Å². The van der Waals surface area contributed by atoms with Crippen molar-refractivity contribution < 1.29 is 9.90 Å². The molecule has 1 saturated heterocycles. The molecule has 0 spiro atoms. The maximum absolute atomic E-state index is 12.4. The summed E-state index contributed by atoms with van der Waals surface area (Å²) < 4.78 is 0. The molecule has 0 radical (unpaired) electrons. The van der Waals surface area contributed by atoms with E-state index in [4.69, 9.17) is 0 Å². The van der Waals surface area contributed by atoms with E-state index in [1.54, 1.807) is 24.2 Å². The zero-order valence-corrected chi connectivity index (χ0v) is 10.8. The number of nitrogens with one attached hydrogen (secondary N) is 1. The number of aromatic nitrogens is 1. The minimum absolute atomic E-state index is 0.0125. The summed E-state index contributed by atoms with van der Waals surface area (Å²) in [6.45, 7) is 2.76. The highest BCUT2D eigenvalue weighted by Gasteiger charge is 2.34. The van der Waals surface area contributed by atoms with Crippen molar-refractivity contribution in [3.8, 4) is 0 Å². The fourth-order valence-corrected chi connectivity index (χ4v) is 2.39. The van der Waals surface area contributed by atoms with Crippen LogP contribution in [0, 0.1) is 5.92 Å². The zero-order valence-electron chi connectivity index (χ0n) is 10.8. The number of rotatable bonds is 3. The fraction of sp³-hybridized carbons (Fsp3) is 0.538. The summed E-state index contributed by atoms with van der Waals surface area (Å²) in [5, 5.41) is 12.4. The van der Waals surface area contributed by atoms with Gasteiger partial charge in [0, 0.05) is 25.5 Å². The van der Waals surface area contributed by atoms with Crippen molar-refractivity contribution in [1.29, 1.82) is 0 Å². The summed E-state index contributed by atoms with van der Waals surface area (Å²) in [6, 6.07) is 3.46. The second kappa shape index (κ2) is 5.35. The van der Waals surface area contributed by atoms with E-state index < -0.39 is 0 Å². The average Bonchev–Trinajstić information content (AvgIpc) is 2.79. The first kappa shape index (κ1) is 12.8. The first-order valence-electron chi connectivity index (χ1n) is 6.23. The Morgan fingerprint density at radius 1 is 1.67 bits per heavy atom. The molecule has 0 aliphatic carbocycles. The summed E-state index contributed by atoms with van der Waals surface area (Å²) >= 11 is 0. The third-order valence-corrected chi connectivity index (χ3v) is 3.60. The number of hydrogen-bond donors (Lipinski definition) is 2. The van der Waals surface area contributed by atoms with Gasteiger partial charge >= 0.3 is 0 Å². The summed E-state index contributed by atoms with van der Waals surface area (Å²) in [5.41, 5.74) is 1.29. The van der Waals surface area contributed by atoms with Crippen molar-refractivity contribution in [2.45, 2.75) is 19.4 Å². The molecule has 5 nitrogen and oxygen atoms in total. The van der Waals surface area contributed by atoms with Crippen molar-refractivity contribution in [1.82, 2.24) is 9.88 Å². The van der Waals surface area contributed by atoms with Gasteiger partial charge in [-0.25, -0.2) is 0 Å². The monoisotopic (exact) mass is 249 g/mol. The predicted octanol–water partition coefficient (Wildman–Crippen LogP) is 0.966. The van der Waals surface area contributed by atoms with Gasteiger partial charge in [-0.3, -0.25) is 9.78 Å². The molecular weight excluding hydrogens is 230 g/mol. The van der Waals surface area contributed by atoms with Gasteiger partial charge in [-0.15, -0.1) is 0 Å². The Morgan fingerprint density at radius 3 is 3.11 bits per heavy atom. The number of aliphatic hydroxyl groups excluding tert-OH is 1. The molecule has 1 aliphatic rings. The van der Waals surface area contributed by atoms with Crippen LogP contribution in [-0.4, -0.2) is 47.1 Å². The van der Waals surface area contributed by atoms with Crippen LogP contribution in [0.3, 0.4) is 0 Å². The number of likely N-dealkylation sites (tertiary alicyclic amines) is 1. The Hall–Kier alpha value is -1.62. The van der Waals surface area contributed by atoms with E-state index in [1.165, 1.54) is 0 Å². The maximum Gasteiger partial charge on any atom is 0.272 e. The van der Waals surface area contributed by atoms with Crippen molar-refractivity contribution >= 4 is 11.6 Å². The summed E-state index contributed by atoms with van der Waals surface area (Å²) in [7, 11) is 1.80. The number of carbonyl (C=O) groups excluding carboxylic acids is 1. The van der Waals surface area contributed by atoms with Gasteiger partial charge in [0.1, 0.15) is 5.69 Å². The molecule has 2 rings (SSSR count). The van der Waals surface area contributed by atoms with Gasteiger partial charge in [-0.05, 0) is 24.5 Å². The lowest BCUT2D eigenvalue weighted by Crippen LogP contribution is -2.40. The largest absolute Gasteiger partial charge is 0.394 e. The van der Waals surface area contributed by atoms with E-state index in [0.717, 1.165) is 12.1 Å². The van der Waals surface area contributed by atoms with Crippen molar-refractivity contribution in [2.24, 2.45) is 5.92 Å². The summed E-state index contributed by atoms with van der Waals surface area (Å²) in [5.74, 6) is 0.238. The van der Waals surface area contributed by atoms with E-state index in [0.29, 0.717) is 18.2 Å². The average molecular weight is 249 g/mol. The first-order chi connectivity index (χ1) is 8.67. The van der Waals surface area contributed by atoms with Crippen molar-refractivity contribution in [3.05, 3.63) is 24.0 Å². The van der Waals surface area contributed by atoms with Gasteiger partial charge in [0.25, 0.3) is 5.91 Å². The minimum atomic E-state index is -0.101. The number of anilines is 1. The molecule has 98 valence electrons. The number of carbonyl (C=O) groups is 1. The van der Waals surface area contributed by atoms with Gasteiger partial charge in [-0.1, -0.05) is 6.92 Å². The lowest BCUT2D eigenvalue weighted by molar-refractivity contribution is 0.0642. The molecule has 0 saturated carbocycles. The third kappa shape index (κ3) is 2.31. The zero-order chi connectivity index (χ0) is 13.1. The first-order valence-corrected chi connectivity index (χ1v) is 6.23. The number of aliphatic hydroxyl groups is 1. The van der Waals surface area contributed by atoms with E-state index >= 15 is 0 Å². The van der Waals surface area contributed by atoms with Crippen LogP contribution in [-0.2, 0) is 0 Å². The van der Waals surface area contributed by atoms with Crippen LogP contribution in [0.2, 0.25) is 0 Å². The maximum atomic E-state index is 12.4. The molecule has 18 heavy (non-hydrogen) atoms. The minimum Gasteiger partial charge on any atom is -0.394 e. The fourth-order valence-electron chi connectivity index (χ4n) is 2.39. The Bertz CT molecular complexity index is 436. The van der Waals surface area contributed by atoms with Crippen LogP contribution in [0.15, 0.2) is 18.3 Å². The molecule has 0 aromatic carbocycles. The lowest BCUT2D eigenvalue weighted by Gasteiger charge is -2.24. The lowest BCUT2D eigenvalue weighted by atomic mass is 10.0. The van der Waals surface area contributed by atoms with Crippen molar-refractivity contribution in [2.75, 3.05) is 25.5 Å². The molecule has 2 atom stereocenters. The van der Waals surface area contributed by atoms with Crippen LogP contribution in [0.25, 0.3) is 0 Å². The number of pyridine rings is 1. The third-order valence-electron chi connectivity index (χ3n) is 3.60. The van der Waals surface area contributed by atoms with E-state index in [9.17, 15) is 9.90 Å². The molecule has 1 amide bonds.